The molecule has 3 aromatic rings. The molecule has 1 N–H and O–H groups in total. The van der Waals surface area contributed by atoms with Crippen molar-refractivity contribution in [3.63, 3.8) is 0 Å². The highest BCUT2D eigenvalue weighted by molar-refractivity contribution is 7.80. The number of carbonyl (C=O) groups is 1. The van der Waals surface area contributed by atoms with Crippen LogP contribution < -0.4 is 0 Å². The molecular formula is C22H23N3O2S. The van der Waals surface area contributed by atoms with Crippen LogP contribution in [0.15, 0.2) is 47.1 Å². The maximum absolute atomic E-state index is 13.3. The Morgan fingerprint density at radius 2 is 2.11 bits per heavy atom. The fraction of sp³-hybridized carbons (Fsp3) is 0.364. The van der Waals surface area contributed by atoms with Crippen LogP contribution in [0.25, 0.3) is 10.9 Å². The van der Waals surface area contributed by atoms with Gasteiger partial charge in [-0.2, -0.15) is 0 Å². The molecule has 0 unspecified atom stereocenters. The summed E-state index contributed by atoms with van der Waals surface area (Å²) in [5.74, 6) is 0.837. The van der Waals surface area contributed by atoms with Gasteiger partial charge < -0.3 is 14.3 Å². The van der Waals surface area contributed by atoms with Crippen molar-refractivity contribution in [1.82, 2.24) is 14.8 Å². The Morgan fingerprint density at radius 3 is 2.89 bits per heavy atom. The standard InChI is InChI=1S/C22H23N3O2S/c1-2-3-10-18-20-16(15-8-4-5-9-17(15)23-20)12-19-21(26)24(22(28)25(18)19)13-14-7-6-11-27-14/h4-9,11,18-19,23H,2-3,10,12-13H2,1H3/t18-,19+/m1/s1. The largest absolute Gasteiger partial charge is 0.467 e. The number of aromatic nitrogens is 1. The number of aromatic amines is 1. The number of benzene rings is 1. The summed E-state index contributed by atoms with van der Waals surface area (Å²) >= 11 is 5.80. The predicted molar refractivity (Wildman–Crippen MR) is 112 cm³/mol. The number of para-hydroxylation sites is 1. The Balaban J connectivity index is 1.56. The average molecular weight is 394 g/mol. The van der Waals surface area contributed by atoms with E-state index in [2.05, 4.69) is 35.0 Å². The molecule has 1 fully saturated rings. The summed E-state index contributed by atoms with van der Waals surface area (Å²) in [6, 6.07) is 12.0. The molecule has 0 radical (unpaired) electrons. The van der Waals surface area contributed by atoms with Crippen molar-refractivity contribution in [1.29, 1.82) is 0 Å². The molecule has 5 nitrogen and oxygen atoms in total. The maximum Gasteiger partial charge on any atom is 0.252 e. The quantitative estimate of drug-likeness (QED) is 0.647. The van der Waals surface area contributed by atoms with E-state index in [1.54, 1.807) is 11.2 Å². The summed E-state index contributed by atoms with van der Waals surface area (Å²) in [4.78, 5) is 20.8. The van der Waals surface area contributed by atoms with E-state index in [0.717, 1.165) is 30.5 Å². The Labute approximate surface area is 169 Å². The molecule has 2 aliphatic heterocycles. The van der Waals surface area contributed by atoms with Gasteiger partial charge in [-0.15, -0.1) is 0 Å². The number of H-pyrrole nitrogens is 1. The Morgan fingerprint density at radius 1 is 1.25 bits per heavy atom. The van der Waals surface area contributed by atoms with Gasteiger partial charge in [-0.1, -0.05) is 38.0 Å². The number of fused-ring (bicyclic) bond motifs is 4. The predicted octanol–water partition coefficient (Wildman–Crippen LogP) is 4.55. The lowest BCUT2D eigenvalue weighted by atomic mass is 9.90. The maximum atomic E-state index is 13.3. The lowest BCUT2D eigenvalue weighted by Gasteiger charge is -2.37. The van der Waals surface area contributed by atoms with E-state index >= 15 is 0 Å². The molecule has 1 aromatic carbocycles. The van der Waals surface area contributed by atoms with Gasteiger partial charge in [0, 0.05) is 23.0 Å². The van der Waals surface area contributed by atoms with Crippen LogP contribution in [-0.4, -0.2) is 31.8 Å². The van der Waals surface area contributed by atoms with Crippen LogP contribution in [-0.2, 0) is 17.8 Å². The van der Waals surface area contributed by atoms with E-state index in [1.165, 1.54) is 16.6 Å². The molecule has 6 heteroatoms. The van der Waals surface area contributed by atoms with Crippen LogP contribution in [0, 0.1) is 0 Å². The molecule has 144 valence electrons. The summed E-state index contributed by atoms with van der Waals surface area (Å²) in [6.45, 7) is 2.59. The molecular weight excluding hydrogens is 370 g/mol. The van der Waals surface area contributed by atoms with Crippen molar-refractivity contribution in [3.8, 4) is 0 Å². The number of unbranched alkanes of at least 4 members (excludes halogenated alkanes) is 1. The highest BCUT2D eigenvalue weighted by atomic mass is 32.1. The van der Waals surface area contributed by atoms with Crippen LogP contribution in [0.4, 0.5) is 0 Å². The number of rotatable bonds is 5. The van der Waals surface area contributed by atoms with E-state index in [0.29, 0.717) is 18.1 Å². The minimum absolute atomic E-state index is 0.0822. The Hall–Kier alpha value is -2.60. The molecule has 1 saturated heterocycles. The van der Waals surface area contributed by atoms with Crippen LogP contribution in [0.2, 0.25) is 0 Å². The highest BCUT2D eigenvalue weighted by Gasteiger charge is 2.49. The van der Waals surface area contributed by atoms with Crippen molar-refractivity contribution in [2.75, 3.05) is 0 Å². The van der Waals surface area contributed by atoms with E-state index < -0.39 is 0 Å². The smallest absolute Gasteiger partial charge is 0.252 e. The average Bonchev–Trinajstić information content (AvgIpc) is 3.40. The van der Waals surface area contributed by atoms with Gasteiger partial charge >= 0.3 is 0 Å². The van der Waals surface area contributed by atoms with Crippen molar-refractivity contribution in [2.45, 2.75) is 51.2 Å². The van der Waals surface area contributed by atoms with Gasteiger partial charge in [0.25, 0.3) is 5.91 Å². The topological polar surface area (TPSA) is 52.5 Å². The van der Waals surface area contributed by atoms with Crippen molar-refractivity contribution >= 4 is 34.1 Å². The number of hydrogen-bond acceptors (Lipinski definition) is 3. The molecule has 0 saturated carbocycles. The third-order valence-corrected chi connectivity index (χ3v) is 6.41. The van der Waals surface area contributed by atoms with E-state index in [-0.39, 0.29) is 18.0 Å². The molecule has 28 heavy (non-hydrogen) atoms. The van der Waals surface area contributed by atoms with Crippen molar-refractivity contribution in [3.05, 3.63) is 59.7 Å². The van der Waals surface area contributed by atoms with Gasteiger partial charge in [-0.3, -0.25) is 9.69 Å². The second kappa shape index (κ2) is 6.78. The third-order valence-electron chi connectivity index (χ3n) is 5.98. The summed E-state index contributed by atoms with van der Waals surface area (Å²) in [6.07, 6.45) is 5.51. The number of carbonyl (C=O) groups excluding carboxylic acids is 1. The normalized spacial score (nSPS) is 21.5. The van der Waals surface area contributed by atoms with E-state index in [9.17, 15) is 4.79 Å². The SMILES string of the molecule is CCCC[C@@H]1c2[nH]c3ccccc3c2C[C@H]2C(=O)N(Cc3ccco3)C(=S)N12. The number of nitrogens with one attached hydrogen (secondary N) is 1. The number of thiocarbonyl (C=S) groups is 1. The molecule has 2 aliphatic rings. The molecule has 0 bridgehead atoms. The Kier molecular flexibility index (Phi) is 4.23. The van der Waals surface area contributed by atoms with E-state index in [1.807, 2.05) is 18.2 Å². The summed E-state index contributed by atoms with van der Waals surface area (Å²) in [7, 11) is 0. The summed E-state index contributed by atoms with van der Waals surface area (Å²) in [5, 5.41) is 1.85. The molecule has 0 spiro atoms. The van der Waals surface area contributed by atoms with Crippen LogP contribution in [0.1, 0.15) is 49.2 Å². The van der Waals surface area contributed by atoms with Gasteiger partial charge in [0.1, 0.15) is 11.8 Å². The first-order chi connectivity index (χ1) is 13.7. The first-order valence-corrected chi connectivity index (χ1v) is 10.4. The Bertz CT molecular complexity index is 1040. The third kappa shape index (κ3) is 2.58. The number of nitrogens with zero attached hydrogens (tertiary/aromatic N) is 2. The van der Waals surface area contributed by atoms with Crippen molar-refractivity contribution in [2.24, 2.45) is 0 Å². The van der Waals surface area contributed by atoms with Crippen LogP contribution in [0.5, 0.6) is 0 Å². The van der Waals surface area contributed by atoms with E-state index in [4.69, 9.17) is 16.6 Å². The first-order valence-electron chi connectivity index (χ1n) is 9.94. The molecule has 1 amide bonds. The summed E-state index contributed by atoms with van der Waals surface area (Å²) < 4.78 is 5.46. The summed E-state index contributed by atoms with van der Waals surface area (Å²) in [5.41, 5.74) is 3.64. The van der Waals surface area contributed by atoms with Gasteiger partial charge in [0.2, 0.25) is 0 Å². The second-order valence-electron chi connectivity index (χ2n) is 7.63. The van der Waals surface area contributed by atoms with Gasteiger partial charge in [0.15, 0.2) is 5.11 Å². The zero-order valence-electron chi connectivity index (χ0n) is 15.9. The molecule has 2 aromatic heterocycles. The monoisotopic (exact) mass is 393 g/mol. The molecule has 0 aliphatic carbocycles. The van der Waals surface area contributed by atoms with Crippen molar-refractivity contribution < 1.29 is 9.21 Å². The number of furan rings is 1. The van der Waals surface area contributed by atoms with Crippen LogP contribution in [0.3, 0.4) is 0 Å². The van der Waals surface area contributed by atoms with Gasteiger partial charge in [-0.05, 0) is 42.4 Å². The van der Waals surface area contributed by atoms with Crippen LogP contribution >= 0.6 is 12.2 Å². The highest BCUT2D eigenvalue weighted by Crippen LogP contribution is 2.43. The number of hydrogen-bond donors (Lipinski definition) is 1. The second-order valence-corrected chi connectivity index (χ2v) is 8.00. The molecule has 2 atom stereocenters. The fourth-order valence-corrected chi connectivity index (χ4v) is 5.05. The van der Waals surface area contributed by atoms with Gasteiger partial charge in [0.05, 0.1) is 18.8 Å². The fourth-order valence-electron chi connectivity index (χ4n) is 4.64. The molecule has 4 heterocycles. The molecule has 5 rings (SSSR count). The first kappa shape index (κ1) is 17.5. The number of amides is 1. The van der Waals surface area contributed by atoms with Gasteiger partial charge in [-0.25, -0.2) is 0 Å². The minimum Gasteiger partial charge on any atom is -0.467 e. The lowest BCUT2D eigenvalue weighted by Crippen LogP contribution is -2.43. The zero-order valence-corrected chi connectivity index (χ0v) is 16.7. The lowest BCUT2D eigenvalue weighted by molar-refractivity contribution is -0.129. The minimum atomic E-state index is -0.226. The zero-order chi connectivity index (χ0) is 19.3.